The van der Waals surface area contributed by atoms with Crippen LogP contribution < -0.4 is 0 Å². The lowest BCUT2D eigenvalue weighted by Gasteiger charge is -2.09. The Kier molecular flexibility index (Phi) is 3.16. The Morgan fingerprint density at radius 1 is 0.864 bits per heavy atom. The molecule has 2 aromatic carbocycles. The molecule has 4 aromatic rings. The molecule has 0 amide bonds. The number of halogens is 1. The van der Waals surface area contributed by atoms with Gasteiger partial charge in [-0.15, -0.1) is 11.3 Å². The van der Waals surface area contributed by atoms with E-state index >= 15 is 0 Å². The van der Waals surface area contributed by atoms with E-state index in [9.17, 15) is 4.39 Å². The predicted octanol–water partition coefficient (Wildman–Crippen LogP) is 5.16. The zero-order valence-electron chi connectivity index (χ0n) is 11.5. The van der Waals surface area contributed by atoms with Gasteiger partial charge in [0.1, 0.15) is 5.82 Å². The van der Waals surface area contributed by atoms with Crippen molar-refractivity contribution in [2.24, 2.45) is 0 Å². The van der Waals surface area contributed by atoms with Crippen LogP contribution in [0.2, 0.25) is 0 Å². The molecule has 0 atom stereocenters. The fourth-order valence-electron chi connectivity index (χ4n) is 2.53. The molecule has 0 radical (unpaired) electrons. The zero-order chi connectivity index (χ0) is 14.9. The summed E-state index contributed by atoms with van der Waals surface area (Å²) < 4.78 is 15.2. The average Bonchev–Trinajstić information content (AvgIpc) is 3.03. The summed E-state index contributed by atoms with van der Waals surface area (Å²) in [5.74, 6) is -0.263. The molecule has 2 heterocycles. The maximum atomic E-state index is 14.1. The predicted molar refractivity (Wildman–Crippen MR) is 88.2 cm³/mol. The highest BCUT2D eigenvalue weighted by molar-refractivity contribution is 7.16. The van der Waals surface area contributed by atoms with E-state index in [0.29, 0.717) is 11.3 Å². The van der Waals surface area contributed by atoms with Gasteiger partial charge in [-0.25, -0.2) is 9.37 Å². The van der Waals surface area contributed by atoms with Crippen LogP contribution in [0, 0.1) is 5.82 Å². The van der Waals surface area contributed by atoms with Crippen molar-refractivity contribution in [3.63, 3.8) is 0 Å². The maximum Gasteiger partial charge on any atom is 0.132 e. The van der Waals surface area contributed by atoms with Gasteiger partial charge in [-0.05, 0) is 35.9 Å². The number of hydrogen-bond donors (Lipinski definition) is 0. The van der Waals surface area contributed by atoms with Crippen LogP contribution in [0.1, 0.15) is 0 Å². The van der Waals surface area contributed by atoms with Crippen molar-refractivity contribution in [2.45, 2.75) is 0 Å². The van der Waals surface area contributed by atoms with E-state index in [2.05, 4.69) is 16.0 Å². The molecular weight excluding hydrogens is 295 g/mol. The second-order valence-electron chi connectivity index (χ2n) is 4.91. The van der Waals surface area contributed by atoms with Gasteiger partial charge >= 0.3 is 0 Å². The van der Waals surface area contributed by atoms with Crippen LogP contribution in [0.3, 0.4) is 0 Å². The number of pyridine rings is 1. The number of nitrogens with zero attached hydrogens (tertiary/aromatic N) is 2. The molecule has 0 aliphatic carbocycles. The van der Waals surface area contributed by atoms with Crippen LogP contribution in [-0.2, 0) is 0 Å². The lowest BCUT2D eigenvalue weighted by Crippen LogP contribution is -1.91. The first-order valence-electron chi connectivity index (χ1n) is 6.86. The Balaban J connectivity index is 1.94. The topological polar surface area (TPSA) is 25.8 Å². The van der Waals surface area contributed by atoms with E-state index in [1.54, 1.807) is 29.7 Å². The summed E-state index contributed by atoms with van der Waals surface area (Å²) in [4.78, 5) is 8.69. The van der Waals surface area contributed by atoms with Crippen molar-refractivity contribution < 1.29 is 4.39 Å². The highest BCUT2D eigenvalue weighted by Crippen LogP contribution is 2.33. The minimum Gasteiger partial charge on any atom is -0.255 e. The van der Waals surface area contributed by atoms with Gasteiger partial charge in [-0.3, -0.25) is 4.98 Å². The molecule has 0 saturated carbocycles. The Bertz CT molecular complexity index is 962. The molecule has 4 heteroatoms. The van der Waals surface area contributed by atoms with Crippen molar-refractivity contribution in [3.05, 3.63) is 72.1 Å². The quantitative estimate of drug-likeness (QED) is 0.511. The molecule has 0 unspecified atom stereocenters. The number of benzene rings is 2. The van der Waals surface area contributed by atoms with E-state index in [4.69, 9.17) is 0 Å². The lowest BCUT2D eigenvalue weighted by atomic mass is 9.99. The summed E-state index contributed by atoms with van der Waals surface area (Å²) in [6.45, 7) is 0. The molecule has 4 rings (SSSR count). The third kappa shape index (κ3) is 2.18. The van der Waals surface area contributed by atoms with Crippen LogP contribution in [0.4, 0.5) is 4.39 Å². The molecule has 0 aliphatic rings. The molecule has 2 aromatic heterocycles. The normalized spacial score (nSPS) is 11.0. The van der Waals surface area contributed by atoms with Gasteiger partial charge in [0.2, 0.25) is 0 Å². The minimum atomic E-state index is -0.263. The third-order valence-electron chi connectivity index (χ3n) is 3.58. The Hall–Kier alpha value is -2.59. The monoisotopic (exact) mass is 306 g/mol. The zero-order valence-corrected chi connectivity index (χ0v) is 12.3. The van der Waals surface area contributed by atoms with Crippen LogP contribution in [0.25, 0.3) is 32.6 Å². The van der Waals surface area contributed by atoms with Gasteiger partial charge in [-0.2, -0.15) is 0 Å². The molecule has 0 bridgehead atoms. The van der Waals surface area contributed by atoms with Gasteiger partial charge in [0.15, 0.2) is 0 Å². The van der Waals surface area contributed by atoms with Crippen molar-refractivity contribution in [1.82, 2.24) is 9.97 Å². The number of aromatic nitrogens is 2. The first kappa shape index (κ1) is 13.1. The van der Waals surface area contributed by atoms with Crippen LogP contribution in [-0.4, -0.2) is 9.97 Å². The average molecular weight is 306 g/mol. The summed E-state index contributed by atoms with van der Waals surface area (Å²) in [6, 6.07) is 16.6. The highest BCUT2D eigenvalue weighted by atomic mass is 32.1. The number of hydrogen-bond acceptors (Lipinski definition) is 3. The Morgan fingerprint density at radius 3 is 2.64 bits per heavy atom. The SMILES string of the molecule is Fc1ccccc1-c1ncccc1-c1ccc2ncsc2c1. The van der Waals surface area contributed by atoms with Gasteiger partial charge in [0.25, 0.3) is 0 Å². The second-order valence-corrected chi connectivity index (χ2v) is 5.80. The Labute approximate surface area is 130 Å². The van der Waals surface area contributed by atoms with Crippen molar-refractivity contribution in [2.75, 3.05) is 0 Å². The summed E-state index contributed by atoms with van der Waals surface area (Å²) in [5, 5.41) is 0. The largest absolute Gasteiger partial charge is 0.255 e. The lowest BCUT2D eigenvalue weighted by molar-refractivity contribution is 0.631. The van der Waals surface area contributed by atoms with E-state index in [1.165, 1.54) is 6.07 Å². The third-order valence-corrected chi connectivity index (χ3v) is 4.37. The molecule has 22 heavy (non-hydrogen) atoms. The molecule has 0 fully saturated rings. The van der Waals surface area contributed by atoms with Gasteiger partial charge < -0.3 is 0 Å². The fourth-order valence-corrected chi connectivity index (χ4v) is 3.25. The van der Waals surface area contributed by atoms with E-state index in [1.807, 2.05) is 35.8 Å². The maximum absolute atomic E-state index is 14.1. The first-order valence-corrected chi connectivity index (χ1v) is 7.74. The van der Waals surface area contributed by atoms with Gasteiger partial charge in [0, 0.05) is 17.3 Å². The molecular formula is C18H11FN2S. The number of fused-ring (bicyclic) bond motifs is 1. The molecule has 0 N–H and O–H groups in total. The van der Waals surface area contributed by atoms with E-state index < -0.39 is 0 Å². The highest BCUT2D eigenvalue weighted by Gasteiger charge is 2.12. The number of rotatable bonds is 2. The van der Waals surface area contributed by atoms with Crippen molar-refractivity contribution >= 4 is 21.6 Å². The fraction of sp³-hybridized carbons (Fsp3) is 0. The summed E-state index contributed by atoms with van der Waals surface area (Å²) in [6.07, 6.45) is 1.69. The van der Waals surface area contributed by atoms with Crippen molar-refractivity contribution in [3.8, 4) is 22.4 Å². The second kappa shape index (κ2) is 5.31. The molecule has 106 valence electrons. The van der Waals surface area contributed by atoms with Crippen LogP contribution >= 0.6 is 11.3 Å². The van der Waals surface area contributed by atoms with Gasteiger partial charge in [-0.1, -0.05) is 24.3 Å². The van der Waals surface area contributed by atoms with Crippen LogP contribution in [0.15, 0.2) is 66.3 Å². The smallest absolute Gasteiger partial charge is 0.132 e. The summed E-state index contributed by atoms with van der Waals surface area (Å²) >= 11 is 1.60. The molecule has 0 spiro atoms. The first-order chi connectivity index (χ1) is 10.8. The van der Waals surface area contributed by atoms with Crippen LogP contribution in [0.5, 0.6) is 0 Å². The molecule has 0 saturated heterocycles. The number of thiazole rings is 1. The molecule has 0 aliphatic heterocycles. The summed E-state index contributed by atoms with van der Waals surface area (Å²) in [7, 11) is 0. The van der Waals surface area contributed by atoms with E-state index in [0.717, 1.165) is 21.3 Å². The van der Waals surface area contributed by atoms with E-state index in [-0.39, 0.29) is 5.82 Å². The van der Waals surface area contributed by atoms with Crippen molar-refractivity contribution in [1.29, 1.82) is 0 Å². The minimum absolute atomic E-state index is 0.263. The van der Waals surface area contributed by atoms with Gasteiger partial charge in [0.05, 0.1) is 21.4 Å². The standard InChI is InChI=1S/C18H11FN2S/c19-15-6-2-1-4-14(15)18-13(5-3-9-20-18)12-7-8-16-17(10-12)22-11-21-16/h1-11H. The Morgan fingerprint density at radius 2 is 1.73 bits per heavy atom. The summed E-state index contributed by atoms with van der Waals surface area (Å²) in [5.41, 5.74) is 5.91. The molecule has 2 nitrogen and oxygen atoms in total.